The summed E-state index contributed by atoms with van der Waals surface area (Å²) in [5, 5.41) is 10.7. The maximum atomic E-state index is 13.3. The number of benzene rings is 2. The summed E-state index contributed by atoms with van der Waals surface area (Å²) in [7, 11) is 0. The first-order valence-electron chi connectivity index (χ1n) is 7.68. The van der Waals surface area contributed by atoms with Gasteiger partial charge in [-0.15, -0.1) is 0 Å². The van der Waals surface area contributed by atoms with Gasteiger partial charge in [-0.05, 0) is 17.7 Å². The molecule has 2 aromatic carbocycles. The van der Waals surface area contributed by atoms with Gasteiger partial charge in [0, 0.05) is 56.6 Å². The normalized spacial score (nSPS) is 15.5. The van der Waals surface area contributed by atoms with Crippen LogP contribution in [-0.2, 0) is 6.54 Å². The van der Waals surface area contributed by atoms with E-state index in [1.54, 1.807) is 12.1 Å². The Balaban J connectivity index is 1.57. The van der Waals surface area contributed by atoms with Crippen LogP contribution in [0.1, 0.15) is 5.56 Å². The van der Waals surface area contributed by atoms with Crippen LogP contribution in [0, 0.1) is 21.7 Å². The molecule has 1 fully saturated rings. The van der Waals surface area contributed by atoms with Crippen molar-refractivity contribution in [3.63, 3.8) is 0 Å². The van der Waals surface area contributed by atoms with Gasteiger partial charge in [0.15, 0.2) is 0 Å². The molecule has 0 aliphatic carbocycles. The maximum absolute atomic E-state index is 13.3. The van der Waals surface area contributed by atoms with Crippen molar-refractivity contribution in [1.82, 2.24) is 4.90 Å². The third-order valence-electron chi connectivity index (χ3n) is 4.14. The third kappa shape index (κ3) is 3.86. The Labute approximate surface area is 138 Å². The third-order valence-corrected chi connectivity index (χ3v) is 4.14. The lowest BCUT2D eigenvalue weighted by Crippen LogP contribution is -2.46. The Bertz CT molecular complexity index is 709. The van der Waals surface area contributed by atoms with Gasteiger partial charge >= 0.3 is 0 Å². The molecule has 126 valence electrons. The first-order chi connectivity index (χ1) is 11.5. The minimum absolute atomic E-state index is 0.0803. The minimum Gasteiger partial charge on any atom is -0.369 e. The van der Waals surface area contributed by atoms with E-state index in [0.29, 0.717) is 25.3 Å². The van der Waals surface area contributed by atoms with Crippen LogP contribution in [-0.4, -0.2) is 36.0 Å². The summed E-state index contributed by atoms with van der Waals surface area (Å²) in [5.74, 6) is -1.14. The topological polar surface area (TPSA) is 49.6 Å². The number of hydrogen-bond donors (Lipinski definition) is 0. The maximum Gasteiger partial charge on any atom is 0.269 e. The highest BCUT2D eigenvalue weighted by molar-refractivity contribution is 5.47. The molecule has 1 aliphatic heterocycles. The van der Waals surface area contributed by atoms with Crippen LogP contribution in [0.4, 0.5) is 20.2 Å². The average molecular weight is 333 g/mol. The quantitative estimate of drug-likeness (QED) is 0.637. The van der Waals surface area contributed by atoms with E-state index in [1.165, 1.54) is 24.3 Å². The molecule has 0 aromatic heterocycles. The Kier molecular flexibility index (Phi) is 4.71. The molecule has 1 heterocycles. The lowest BCUT2D eigenvalue weighted by Gasteiger charge is -2.36. The fraction of sp³-hybridized carbons (Fsp3) is 0.294. The fourth-order valence-corrected chi connectivity index (χ4v) is 2.87. The highest BCUT2D eigenvalue weighted by Crippen LogP contribution is 2.20. The fourth-order valence-electron chi connectivity index (χ4n) is 2.87. The van der Waals surface area contributed by atoms with Crippen molar-refractivity contribution < 1.29 is 13.7 Å². The second-order valence-corrected chi connectivity index (χ2v) is 5.81. The van der Waals surface area contributed by atoms with Crippen molar-refractivity contribution in [3.05, 3.63) is 69.8 Å². The van der Waals surface area contributed by atoms with Crippen LogP contribution in [0.25, 0.3) is 0 Å². The number of hydrogen-bond acceptors (Lipinski definition) is 4. The van der Waals surface area contributed by atoms with Crippen molar-refractivity contribution in [2.24, 2.45) is 0 Å². The lowest BCUT2D eigenvalue weighted by molar-refractivity contribution is -0.384. The molecule has 0 saturated carbocycles. The Morgan fingerprint density at radius 1 is 0.958 bits per heavy atom. The summed E-state index contributed by atoms with van der Waals surface area (Å²) in [6.07, 6.45) is 0. The summed E-state index contributed by atoms with van der Waals surface area (Å²) in [4.78, 5) is 14.4. The Hall–Kier alpha value is -2.54. The largest absolute Gasteiger partial charge is 0.369 e. The molecule has 0 amide bonds. The van der Waals surface area contributed by atoms with Gasteiger partial charge in [0.05, 0.1) is 4.92 Å². The lowest BCUT2D eigenvalue weighted by atomic mass is 10.1. The van der Waals surface area contributed by atoms with E-state index in [4.69, 9.17) is 0 Å². The molecule has 0 N–H and O–H groups in total. The van der Waals surface area contributed by atoms with Crippen molar-refractivity contribution in [3.8, 4) is 0 Å². The van der Waals surface area contributed by atoms with E-state index >= 15 is 0 Å². The van der Waals surface area contributed by atoms with Gasteiger partial charge in [0.2, 0.25) is 0 Å². The molecule has 2 aromatic rings. The summed E-state index contributed by atoms with van der Waals surface area (Å²) >= 11 is 0. The molecule has 0 unspecified atom stereocenters. The van der Waals surface area contributed by atoms with Gasteiger partial charge in [0.1, 0.15) is 11.6 Å². The molecular formula is C17H17F2N3O2. The summed E-state index contributed by atoms with van der Waals surface area (Å²) in [6, 6.07) is 10.1. The van der Waals surface area contributed by atoms with Crippen molar-refractivity contribution >= 4 is 11.4 Å². The smallest absolute Gasteiger partial charge is 0.269 e. The Morgan fingerprint density at radius 3 is 2.08 bits per heavy atom. The predicted molar refractivity (Wildman–Crippen MR) is 86.9 cm³/mol. The number of nitro groups is 1. The number of rotatable bonds is 4. The minimum atomic E-state index is -0.571. The average Bonchev–Trinajstić information content (AvgIpc) is 2.55. The zero-order valence-electron chi connectivity index (χ0n) is 13.0. The van der Waals surface area contributed by atoms with Gasteiger partial charge in [-0.3, -0.25) is 15.0 Å². The molecule has 0 radical (unpaired) electrons. The molecule has 0 spiro atoms. The van der Waals surface area contributed by atoms with Gasteiger partial charge in [0.25, 0.3) is 5.69 Å². The highest BCUT2D eigenvalue weighted by Gasteiger charge is 2.18. The molecule has 1 aliphatic rings. The monoisotopic (exact) mass is 333 g/mol. The molecule has 24 heavy (non-hydrogen) atoms. The second kappa shape index (κ2) is 6.92. The van der Waals surface area contributed by atoms with Crippen molar-refractivity contribution in [1.29, 1.82) is 0 Å². The molecule has 0 bridgehead atoms. The Morgan fingerprint density at radius 2 is 1.54 bits per heavy atom. The first kappa shape index (κ1) is 16.3. The van der Waals surface area contributed by atoms with Crippen LogP contribution in [0.2, 0.25) is 0 Å². The molecule has 1 saturated heterocycles. The van der Waals surface area contributed by atoms with E-state index in [-0.39, 0.29) is 5.69 Å². The SMILES string of the molecule is O=[N+]([O-])c1ccc(CN2CCN(c3cc(F)cc(F)c3)CC2)cc1. The predicted octanol–water partition coefficient (Wildman–Crippen LogP) is 3.20. The molecule has 0 atom stereocenters. The molecule has 5 nitrogen and oxygen atoms in total. The van der Waals surface area contributed by atoms with Crippen LogP contribution < -0.4 is 4.90 Å². The van der Waals surface area contributed by atoms with Crippen molar-refractivity contribution in [2.75, 3.05) is 31.1 Å². The van der Waals surface area contributed by atoms with Gasteiger partial charge in [-0.2, -0.15) is 0 Å². The van der Waals surface area contributed by atoms with Crippen LogP contribution in [0.3, 0.4) is 0 Å². The summed E-state index contributed by atoms with van der Waals surface area (Å²) < 4.78 is 26.6. The standard InChI is InChI=1S/C17H17F2N3O2/c18-14-9-15(19)11-17(10-14)21-7-5-20(6-8-21)12-13-1-3-16(4-2-13)22(23)24/h1-4,9-11H,5-8,12H2. The number of halogens is 2. The van der Waals surface area contributed by atoms with E-state index in [2.05, 4.69) is 4.90 Å². The summed E-state index contributed by atoms with van der Waals surface area (Å²) in [5.41, 5.74) is 1.64. The number of anilines is 1. The summed E-state index contributed by atoms with van der Waals surface area (Å²) in [6.45, 7) is 3.57. The number of non-ortho nitro benzene ring substituents is 1. The number of piperazine rings is 1. The zero-order chi connectivity index (χ0) is 17.1. The first-order valence-corrected chi connectivity index (χ1v) is 7.68. The van der Waals surface area contributed by atoms with Crippen LogP contribution in [0.15, 0.2) is 42.5 Å². The highest BCUT2D eigenvalue weighted by atomic mass is 19.1. The van der Waals surface area contributed by atoms with Crippen LogP contribution in [0.5, 0.6) is 0 Å². The van der Waals surface area contributed by atoms with E-state index in [0.717, 1.165) is 24.7 Å². The molecule has 7 heteroatoms. The van der Waals surface area contributed by atoms with Gasteiger partial charge < -0.3 is 4.90 Å². The molecule has 3 rings (SSSR count). The van der Waals surface area contributed by atoms with Crippen molar-refractivity contribution in [2.45, 2.75) is 6.54 Å². The van der Waals surface area contributed by atoms with Gasteiger partial charge in [-0.25, -0.2) is 8.78 Å². The van der Waals surface area contributed by atoms with E-state index < -0.39 is 16.6 Å². The number of nitrogens with zero attached hydrogens (tertiary/aromatic N) is 3. The zero-order valence-corrected chi connectivity index (χ0v) is 13.0. The van der Waals surface area contributed by atoms with E-state index in [1.807, 2.05) is 4.90 Å². The number of nitro benzene ring substituents is 1. The second-order valence-electron chi connectivity index (χ2n) is 5.81. The van der Waals surface area contributed by atoms with E-state index in [9.17, 15) is 18.9 Å². The van der Waals surface area contributed by atoms with Gasteiger partial charge in [-0.1, -0.05) is 12.1 Å². The van der Waals surface area contributed by atoms with Crippen LogP contribution >= 0.6 is 0 Å². The molecular weight excluding hydrogens is 316 g/mol.